The second kappa shape index (κ2) is 5.55. The molecule has 0 spiro atoms. The first-order valence-electron chi connectivity index (χ1n) is 5.91. The average Bonchev–Trinajstić information content (AvgIpc) is 2.39. The maximum atomic E-state index is 14.0. The molecule has 0 heterocycles. The minimum atomic E-state index is -4.88. The zero-order chi connectivity index (χ0) is 15.6. The van der Waals surface area contributed by atoms with E-state index in [0.717, 1.165) is 12.1 Å². The summed E-state index contributed by atoms with van der Waals surface area (Å²) in [7, 11) is 0. The number of benzene rings is 2. The number of halogens is 4. The Bertz CT molecular complexity index is 678. The Labute approximate surface area is 118 Å². The van der Waals surface area contributed by atoms with E-state index < -0.39 is 17.9 Å². The van der Waals surface area contributed by atoms with Gasteiger partial charge in [0, 0.05) is 11.1 Å². The molecule has 0 amide bonds. The summed E-state index contributed by atoms with van der Waals surface area (Å²) in [6.45, 7) is 1.54. The van der Waals surface area contributed by atoms with E-state index in [2.05, 4.69) is 4.74 Å². The third kappa shape index (κ3) is 3.59. The SMILES string of the molecule is Cc1cccc(-c2cc(C=O)cc(OC(F)(F)F)c2)c1F. The first-order chi connectivity index (χ1) is 9.80. The third-order valence-corrected chi connectivity index (χ3v) is 2.80. The molecule has 0 aliphatic carbocycles. The second-order valence-corrected chi connectivity index (χ2v) is 4.39. The van der Waals surface area contributed by atoms with Crippen LogP contribution >= 0.6 is 0 Å². The van der Waals surface area contributed by atoms with Gasteiger partial charge in [-0.05, 0) is 36.2 Å². The second-order valence-electron chi connectivity index (χ2n) is 4.39. The quantitative estimate of drug-likeness (QED) is 0.615. The van der Waals surface area contributed by atoms with Gasteiger partial charge < -0.3 is 4.74 Å². The van der Waals surface area contributed by atoms with Crippen LogP contribution in [-0.2, 0) is 0 Å². The van der Waals surface area contributed by atoms with Gasteiger partial charge in [-0.3, -0.25) is 4.79 Å². The van der Waals surface area contributed by atoms with Crippen LogP contribution in [0.2, 0.25) is 0 Å². The molecule has 0 aliphatic rings. The molecule has 0 atom stereocenters. The zero-order valence-electron chi connectivity index (χ0n) is 10.9. The van der Waals surface area contributed by atoms with Crippen LogP contribution in [0.1, 0.15) is 15.9 Å². The molecule has 0 aromatic heterocycles. The molecule has 0 bridgehead atoms. The average molecular weight is 298 g/mol. The molecule has 21 heavy (non-hydrogen) atoms. The Hall–Kier alpha value is -2.37. The van der Waals surface area contributed by atoms with E-state index in [4.69, 9.17) is 0 Å². The van der Waals surface area contributed by atoms with Gasteiger partial charge in [-0.2, -0.15) is 0 Å². The number of hydrogen-bond acceptors (Lipinski definition) is 2. The third-order valence-electron chi connectivity index (χ3n) is 2.80. The highest BCUT2D eigenvalue weighted by Gasteiger charge is 2.31. The van der Waals surface area contributed by atoms with E-state index >= 15 is 0 Å². The van der Waals surface area contributed by atoms with Crippen LogP contribution < -0.4 is 4.74 Å². The Balaban J connectivity index is 2.55. The lowest BCUT2D eigenvalue weighted by molar-refractivity contribution is -0.274. The van der Waals surface area contributed by atoms with Gasteiger partial charge in [0.1, 0.15) is 17.9 Å². The fourth-order valence-electron chi connectivity index (χ4n) is 1.91. The molecular formula is C15H10F4O2. The summed E-state index contributed by atoms with van der Waals surface area (Å²) in [6, 6.07) is 7.81. The highest BCUT2D eigenvalue weighted by Crippen LogP contribution is 2.31. The van der Waals surface area contributed by atoms with Crippen LogP contribution in [-0.4, -0.2) is 12.6 Å². The van der Waals surface area contributed by atoms with Gasteiger partial charge in [-0.25, -0.2) is 4.39 Å². The Morgan fingerprint density at radius 2 is 1.86 bits per heavy atom. The molecule has 6 heteroatoms. The summed E-state index contributed by atoms with van der Waals surface area (Å²) in [5.74, 6) is -1.12. The van der Waals surface area contributed by atoms with Crippen molar-refractivity contribution in [3.05, 3.63) is 53.3 Å². The molecule has 2 rings (SSSR count). The van der Waals surface area contributed by atoms with Gasteiger partial charge in [0.25, 0.3) is 0 Å². The van der Waals surface area contributed by atoms with E-state index in [9.17, 15) is 22.4 Å². The number of aldehydes is 1. The maximum Gasteiger partial charge on any atom is 0.573 e. The molecule has 0 unspecified atom stereocenters. The minimum Gasteiger partial charge on any atom is -0.406 e. The number of carbonyl (C=O) groups excluding carboxylic acids is 1. The fourth-order valence-corrected chi connectivity index (χ4v) is 1.91. The number of ether oxygens (including phenoxy) is 1. The lowest BCUT2D eigenvalue weighted by Gasteiger charge is -2.12. The van der Waals surface area contributed by atoms with E-state index in [1.54, 1.807) is 6.07 Å². The van der Waals surface area contributed by atoms with E-state index in [0.29, 0.717) is 11.8 Å². The normalized spacial score (nSPS) is 11.3. The van der Waals surface area contributed by atoms with Gasteiger partial charge in [0.05, 0.1) is 0 Å². The highest BCUT2D eigenvalue weighted by atomic mass is 19.4. The summed E-state index contributed by atoms with van der Waals surface area (Å²) < 4.78 is 54.6. The number of alkyl halides is 3. The van der Waals surface area contributed by atoms with Gasteiger partial charge in [-0.15, -0.1) is 13.2 Å². The van der Waals surface area contributed by atoms with Crippen molar-refractivity contribution in [1.29, 1.82) is 0 Å². The number of aryl methyl sites for hydroxylation is 1. The van der Waals surface area contributed by atoms with Crippen molar-refractivity contribution in [3.8, 4) is 16.9 Å². The van der Waals surface area contributed by atoms with Gasteiger partial charge in [0.2, 0.25) is 0 Å². The molecule has 2 aromatic rings. The molecule has 0 fully saturated rings. The summed E-state index contributed by atoms with van der Waals surface area (Å²) in [5.41, 5.74) is 0.556. The Morgan fingerprint density at radius 3 is 2.48 bits per heavy atom. The molecule has 0 saturated heterocycles. The maximum absolute atomic E-state index is 14.0. The number of rotatable bonds is 3. The predicted molar refractivity (Wildman–Crippen MR) is 68.6 cm³/mol. The standard InChI is InChI=1S/C15H10F4O2/c1-9-3-2-4-13(14(9)16)11-5-10(8-20)6-12(7-11)21-15(17,18)19/h2-8H,1H3. The first kappa shape index (κ1) is 15.0. The molecule has 2 nitrogen and oxygen atoms in total. The van der Waals surface area contributed by atoms with Gasteiger partial charge in [0.15, 0.2) is 0 Å². The van der Waals surface area contributed by atoms with Crippen molar-refractivity contribution < 1.29 is 27.1 Å². The van der Waals surface area contributed by atoms with E-state index in [1.165, 1.54) is 25.1 Å². The number of carbonyl (C=O) groups is 1. The molecule has 0 radical (unpaired) electrons. The fraction of sp³-hybridized carbons (Fsp3) is 0.133. The van der Waals surface area contributed by atoms with Crippen LogP contribution in [0, 0.1) is 12.7 Å². The smallest absolute Gasteiger partial charge is 0.406 e. The van der Waals surface area contributed by atoms with Crippen LogP contribution in [0.15, 0.2) is 36.4 Å². The molecule has 0 N–H and O–H groups in total. The van der Waals surface area contributed by atoms with Crippen LogP contribution in [0.5, 0.6) is 5.75 Å². The van der Waals surface area contributed by atoms with Crippen molar-refractivity contribution in [3.63, 3.8) is 0 Å². The largest absolute Gasteiger partial charge is 0.573 e. The Morgan fingerprint density at radius 1 is 1.14 bits per heavy atom. The van der Waals surface area contributed by atoms with E-state index in [1.807, 2.05) is 0 Å². The summed E-state index contributed by atoms with van der Waals surface area (Å²) in [5, 5.41) is 0. The van der Waals surface area contributed by atoms with Gasteiger partial charge in [-0.1, -0.05) is 18.2 Å². The molecule has 0 saturated carbocycles. The summed E-state index contributed by atoms with van der Waals surface area (Å²) in [6.07, 6.45) is -4.51. The van der Waals surface area contributed by atoms with Crippen molar-refractivity contribution in [1.82, 2.24) is 0 Å². The molecule has 0 aliphatic heterocycles. The van der Waals surface area contributed by atoms with Gasteiger partial charge >= 0.3 is 6.36 Å². The van der Waals surface area contributed by atoms with Crippen LogP contribution in [0.3, 0.4) is 0 Å². The van der Waals surface area contributed by atoms with Crippen molar-refractivity contribution >= 4 is 6.29 Å². The Kier molecular flexibility index (Phi) is 3.97. The molecule has 2 aromatic carbocycles. The lowest BCUT2D eigenvalue weighted by atomic mass is 10.0. The van der Waals surface area contributed by atoms with E-state index in [-0.39, 0.29) is 16.7 Å². The predicted octanol–water partition coefficient (Wildman–Crippen LogP) is 4.51. The van der Waals surface area contributed by atoms with Crippen molar-refractivity contribution in [2.75, 3.05) is 0 Å². The van der Waals surface area contributed by atoms with Crippen molar-refractivity contribution in [2.24, 2.45) is 0 Å². The summed E-state index contributed by atoms with van der Waals surface area (Å²) in [4.78, 5) is 10.8. The van der Waals surface area contributed by atoms with Crippen LogP contribution in [0.25, 0.3) is 11.1 Å². The van der Waals surface area contributed by atoms with Crippen LogP contribution in [0.4, 0.5) is 17.6 Å². The topological polar surface area (TPSA) is 26.3 Å². The molecule has 110 valence electrons. The molecular weight excluding hydrogens is 288 g/mol. The highest BCUT2D eigenvalue weighted by molar-refractivity contribution is 5.80. The monoisotopic (exact) mass is 298 g/mol. The minimum absolute atomic E-state index is 0.0346. The zero-order valence-corrected chi connectivity index (χ0v) is 10.9. The summed E-state index contributed by atoms with van der Waals surface area (Å²) >= 11 is 0. The lowest BCUT2D eigenvalue weighted by Crippen LogP contribution is -2.17. The number of hydrogen-bond donors (Lipinski definition) is 0. The first-order valence-corrected chi connectivity index (χ1v) is 5.91. The van der Waals surface area contributed by atoms with Crippen molar-refractivity contribution in [2.45, 2.75) is 13.3 Å².